The van der Waals surface area contributed by atoms with Crippen LogP contribution in [-0.4, -0.2) is 96.7 Å². The number of phosphoric ester groups is 2. The Kier molecular flexibility index (Phi) is 75.6. The Morgan fingerprint density at radius 3 is 0.774 bits per heavy atom. The summed E-state index contributed by atoms with van der Waals surface area (Å²) in [5, 5.41) is 10.7. The zero-order valence-electron chi connectivity index (χ0n) is 67.1. The Balaban J connectivity index is 5.38. The quantitative estimate of drug-likeness (QED) is 0.0169. The molecule has 0 bridgehead atoms. The van der Waals surface area contributed by atoms with E-state index >= 15 is 0 Å². The van der Waals surface area contributed by atoms with Crippen molar-refractivity contribution in [1.82, 2.24) is 0 Å². The fourth-order valence-corrected chi connectivity index (χ4v) is 13.0. The van der Waals surface area contributed by atoms with Gasteiger partial charge in [-0.25, -0.2) is 9.13 Å². The van der Waals surface area contributed by atoms with Gasteiger partial charge < -0.3 is 33.8 Å². The number of hydrogen-bond acceptors (Lipinski definition) is 15. The van der Waals surface area contributed by atoms with Crippen LogP contribution in [0.5, 0.6) is 0 Å². The third-order valence-electron chi connectivity index (χ3n) is 17.7. The minimum Gasteiger partial charge on any atom is -0.462 e. The molecule has 0 aromatic rings. The number of esters is 4. The molecule has 0 fully saturated rings. The summed E-state index contributed by atoms with van der Waals surface area (Å²) >= 11 is 0. The lowest BCUT2D eigenvalue weighted by atomic mass is 10.0. The van der Waals surface area contributed by atoms with Crippen LogP contribution in [0, 0.1) is 0 Å². The van der Waals surface area contributed by atoms with Gasteiger partial charge >= 0.3 is 39.5 Å². The number of aliphatic hydroxyl groups is 1. The van der Waals surface area contributed by atoms with Crippen molar-refractivity contribution in [2.45, 2.75) is 380 Å². The summed E-state index contributed by atoms with van der Waals surface area (Å²) in [6.07, 6.45) is 86.2. The van der Waals surface area contributed by atoms with Gasteiger partial charge in [0.2, 0.25) is 0 Å². The maximum atomic E-state index is 13.1. The van der Waals surface area contributed by atoms with Crippen LogP contribution in [0.2, 0.25) is 0 Å². The molecule has 0 spiro atoms. The summed E-state index contributed by atoms with van der Waals surface area (Å²) in [6, 6.07) is 0. The SMILES string of the molecule is CC/C=C\C/C=C\C/C=C\CCCCCCCCCC(=O)OC(COC(=O)CCCCCCCC/C=C\C/C=C\C/C=C\CCCCC)COP(=O)(O)OCC(O)COP(=O)(O)OCC(COC(=O)CCCCCCC/C=C\C/C=C\C/C=C\CC)OC(=O)CCCCCCCCCCCCCCCCC. The molecule has 0 saturated carbocycles. The minimum atomic E-state index is -4.99. The first-order valence-electron chi connectivity index (χ1n) is 42.1. The van der Waals surface area contributed by atoms with Crippen molar-refractivity contribution in [2.75, 3.05) is 39.6 Å². The summed E-state index contributed by atoms with van der Waals surface area (Å²) in [5.74, 6) is -2.20. The van der Waals surface area contributed by atoms with Gasteiger partial charge in [-0.3, -0.25) is 37.3 Å². The zero-order valence-corrected chi connectivity index (χ0v) is 68.9. The molecule has 17 nitrogen and oxygen atoms in total. The van der Waals surface area contributed by atoms with Gasteiger partial charge in [0.15, 0.2) is 12.2 Å². The molecule has 612 valence electrons. The van der Waals surface area contributed by atoms with Gasteiger partial charge in [0.25, 0.3) is 0 Å². The monoisotopic (exact) mass is 1530 g/mol. The van der Waals surface area contributed by atoms with Crippen LogP contribution in [0.15, 0.2) is 109 Å². The third kappa shape index (κ3) is 77.9. The van der Waals surface area contributed by atoms with Crippen LogP contribution >= 0.6 is 15.6 Å². The molecule has 0 aliphatic heterocycles. The van der Waals surface area contributed by atoms with Gasteiger partial charge in [0.1, 0.15) is 19.3 Å². The number of hydrogen-bond donors (Lipinski definition) is 3. The Bertz CT molecular complexity index is 2430. The average Bonchev–Trinajstić information content (AvgIpc) is 0.907. The smallest absolute Gasteiger partial charge is 0.462 e. The lowest BCUT2D eigenvalue weighted by molar-refractivity contribution is -0.161. The predicted octanol–water partition coefficient (Wildman–Crippen LogP) is 24.9. The molecule has 0 aliphatic carbocycles. The normalized spacial score (nSPS) is 14.4. The fraction of sp³-hybridized carbons (Fsp3) is 0.747. The molecule has 5 atom stereocenters. The van der Waals surface area contributed by atoms with Gasteiger partial charge in [0.05, 0.1) is 26.4 Å². The first-order chi connectivity index (χ1) is 51.7. The molecule has 0 heterocycles. The first kappa shape index (κ1) is 102. The number of phosphoric acid groups is 2. The minimum absolute atomic E-state index is 0.0800. The summed E-state index contributed by atoms with van der Waals surface area (Å²) in [6.45, 7) is 4.65. The highest BCUT2D eigenvalue weighted by Crippen LogP contribution is 2.45. The molecule has 106 heavy (non-hydrogen) atoms. The van der Waals surface area contributed by atoms with Crippen LogP contribution in [0.4, 0.5) is 0 Å². The second kappa shape index (κ2) is 78.8. The standard InChI is InChI=1S/C87H152O17P2/c1-5-9-13-17-21-25-29-33-37-39-40-42-45-48-52-56-60-64-68-72-85(90)98-78-83(104-87(92)74-70-66-62-58-54-50-46-41-38-34-30-26-22-18-14-10-6-2)80-102-106(95,96)100-76-81(88)75-99-105(93,94)101-79-82(103-86(91)73-69-65-61-57-53-49-44-36-32-28-24-20-16-12-8-4)77-97-84(89)71-67-63-59-55-51-47-43-35-31-27-23-19-15-11-7-3/h10-11,14-15,21-23,25-27,33-35,37-38,40,42-43,81-83,88H,5-9,12-13,16-20,24,28-32,36,39,41,44-80H2,1-4H3,(H,93,94)(H,95,96)/b14-10-,15-11-,25-21-,26-22-,27-23-,37-33-,38-34-,42-40-,43-35-. The lowest BCUT2D eigenvalue weighted by Crippen LogP contribution is -2.30. The van der Waals surface area contributed by atoms with Crippen molar-refractivity contribution in [1.29, 1.82) is 0 Å². The molecule has 0 radical (unpaired) electrons. The predicted molar refractivity (Wildman–Crippen MR) is 436 cm³/mol. The first-order valence-corrected chi connectivity index (χ1v) is 45.1. The maximum absolute atomic E-state index is 13.1. The van der Waals surface area contributed by atoms with E-state index in [9.17, 15) is 43.2 Å². The second-order valence-electron chi connectivity index (χ2n) is 28.0. The van der Waals surface area contributed by atoms with Crippen molar-refractivity contribution >= 4 is 39.5 Å². The fourth-order valence-electron chi connectivity index (χ4n) is 11.4. The average molecular weight is 1530 g/mol. The van der Waals surface area contributed by atoms with Crippen LogP contribution in [0.25, 0.3) is 0 Å². The summed E-state index contributed by atoms with van der Waals surface area (Å²) in [5.41, 5.74) is 0. The van der Waals surface area contributed by atoms with E-state index in [2.05, 4.69) is 137 Å². The Labute approximate surface area is 645 Å². The maximum Gasteiger partial charge on any atom is 0.472 e. The molecule has 0 rings (SSSR count). The van der Waals surface area contributed by atoms with Crippen molar-refractivity contribution in [3.05, 3.63) is 109 Å². The molecule has 0 aromatic carbocycles. The van der Waals surface area contributed by atoms with E-state index in [0.29, 0.717) is 25.7 Å². The second-order valence-corrected chi connectivity index (χ2v) is 30.9. The highest BCUT2D eigenvalue weighted by molar-refractivity contribution is 7.47. The number of rotatable bonds is 79. The third-order valence-corrected chi connectivity index (χ3v) is 19.6. The van der Waals surface area contributed by atoms with Crippen LogP contribution in [-0.2, 0) is 65.4 Å². The topological polar surface area (TPSA) is 237 Å². The van der Waals surface area contributed by atoms with E-state index in [-0.39, 0.29) is 25.7 Å². The summed E-state index contributed by atoms with van der Waals surface area (Å²) in [7, 11) is -9.97. The highest BCUT2D eigenvalue weighted by Gasteiger charge is 2.30. The van der Waals surface area contributed by atoms with Gasteiger partial charge in [-0.15, -0.1) is 0 Å². The van der Waals surface area contributed by atoms with Crippen molar-refractivity contribution in [2.24, 2.45) is 0 Å². The van der Waals surface area contributed by atoms with Crippen molar-refractivity contribution < 1.29 is 80.2 Å². The van der Waals surface area contributed by atoms with Gasteiger partial charge in [-0.2, -0.15) is 0 Å². The van der Waals surface area contributed by atoms with Crippen molar-refractivity contribution in [3.63, 3.8) is 0 Å². The van der Waals surface area contributed by atoms with E-state index < -0.39 is 97.5 Å². The number of unbranched alkanes of at least 4 members (excludes halogenated alkanes) is 35. The molecule has 0 aromatic heterocycles. The molecule has 5 unspecified atom stereocenters. The largest absolute Gasteiger partial charge is 0.472 e. The Morgan fingerprint density at radius 2 is 0.491 bits per heavy atom. The van der Waals surface area contributed by atoms with E-state index in [4.69, 9.17) is 37.0 Å². The molecule has 0 amide bonds. The van der Waals surface area contributed by atoms with E-state index in [0.717, 1.165) is 199 Å². The van der Waals surface area contributed by atoms with Crippen LogP contribution in [0.1, 0.15) is 362 Å². The Hall–Kier alpha value is -4.28. The number of aliphatic hydroxyl groups excluding tert-OH is 1. The van der Waals surface area contributed by atoms with E-state index in [1.807, 2.05) is 0 Å². The van der Waals surface area contributed by atoms with Gasteiger partial charge in [-0.1, -0.05) is 317 Å². The number of ether oxygens (including phenoxy) is 4. The van der Waals surface area contributed by atoms with E-state index in [1.165, 1.54) is 83.5 Å². The molecular formula is C87H152O17P2. The van der Waals surface area contributed by atoms with Gasteiger partial charge in [0, 0.05) is 25.7 Å². The van der Waals surface area contributed by atoms with Gasteiger partial charge in [-0.05, 0) is 128 Å². The number of carbonyl (C=O) groups is 4. The molecule has 19 heteroatoms. The zero-order chi connectivity index (χ0) is 77.4. The lowest BCUT2D eigenvalue weighted by Gasteiger charge is -2.21. The molecular weight excluding hydrogens is 1380 g/mol. The molecule has 0 saturated heterocycles. The van der Waals surface area contributed by atoms with Crippen LogP contribution < -0.4 is 0 Å². The summed E-state index contributed by atoms with van der Waals surface area (Å²) < 4.78 is 68.8. The number of carbonyl (C=O) groups excluding carboxylic acids is 4. The van der Waals surface area contributed by atoms with Crippen molar-refractivity contribution in [3.8, 4) is 0 Å². The highest BCUT2D eigenvalue weighted by atomic mass is 31.2. The molecule has 3 N–H and O–H groups in total. The Morgan fingerprint density at radius 1 is 0.274 bits per heavy atom. The number of allylic oxidation sites excluding steroid dienone is 18. The van der Waals surface area contributed by atoms with E-state index in [1.54, 1.807) is 0 Å². The molecule has 0 aliphatic rings. The van der Waals surface area contributed by atoms with Crippen LogP contribution in [0.3, 0.4) is 0 Å². The summed E-state index contributed by atoms with van der Waals surface area (Å²) in [4.78, 5) is 73.2.